The molecule has 0 aromatic heterocycles. The summed E-state index contributed by atoms with van der Waals surface area (Å²) in [4.78, 5) is 9.85. The second kappa shape index (κ2) is 2.90. The van der Waals surface area contributed by atoms with Gasteiger partial charge >= 0.3 is 0 Å². The van der Waals surface area contributed by atoms with E-state index in [1.54, 1.807) is 6.92 Å². The molecular formula is C9H15NO5. The van der Waals surface area contributed by atoms with Gasteiger partial charge in [-0.2, -0.15) is 0 Å². The average molecular weight is 217 g/mol. The van der Waals surface area contributed by atoms with E-state index in [-0.39, 0.29) is 13.0 Å². The number of nitrogens with zero attached hydrogens (tertiary/aromatic N) is 1. The monoisotopic (exact) mass is 217 g/mol. The zero-order valence-electron chi connectivity index (χ0n) is 8.60. The summed E-state index contributed by atoms with van der Waals surface area (Å²) in [6.45, 7) is 1.51. The maximum atomic E-state index is 10.3. The van der Waals surface area contributed by atoms with Crippen molar-refractivity contribution in [2.24, 2.45) is 0 Å². The van der Waals surface area contributed by atoms with Gasteiger partial charge in [0.1, 0.15) is 0 Å². The first-order chi connectivity index (χ1) is 6.89. The Labute approximate surface area is 87.0 Å². The molecule has 6 nitrogen and oxygen atoms in total. The molecule has 0 bridgehead atoms. The number of epoxide rings is 1. The minimum atomic E-state index is -1.33. The molecule has 0 radical (unpaired) electrons. The fourth-order valence-corrected chi connectivity index (χ4v) is 2.74. The molecule has 3 atom stereocenters. The Morgan fingerprint density at radius 1 is 1.47 bits per heavy atom. The van der Waals surface area contributed by atoms with Crippen LogP contribution in [-0.2, 0) is 4.74 Å². The Kier molecular flexibility index (Phi) is 2.09. The lowest BCUT2D eigenvalue weighted by Gasteiger charge is -2.28. The molecule has 1 saturated heterocycles. The first-order valence-corrected chi connectivity index (χ1v) is 5.16. The van der Waals surface area contributed by atoms with Crippen molar-refractivity contribution in [3.63, 3.8) is 0 Å². The number of fused-ring (bicyclic) bond motifs is 1. The van der Waals surface area contributed by atoms with E-state index < -0.39 is 21.9 Å². The molecule has 1 saturated carbocycles. The predicted octanol–water partition coefficient (Wildman–Crippen LogP) is 0.0457. The minimum Gasteiger partial charge on any atom is -0.387 e. The van der Waals surface area contributed by atoms with Gasteiger partial charge in [0.15, 0.2) is 11.4 Å². The number of nitro groups is 1. The highest BCUT2D eigenvalue weighted by Gasteiger charge is 2.82. The van der Waals surface area contributed by atoms with Gasteiger partial charge in [0.2, 0.25) is 6.54 Å². The van der Waals surface area contributed by atoms with Crippen molar-refractivity contribution in [2.45, 2.75) is 49.6 Å². The van der Waals surface area contributed by atoms with Crippen molar-refractivity contribution in [1.82, 2.24) is 0 Å². The topological polar surface area (TPSA) is 96.1 Å². The third kappa shape index (κ3) is 1.22. The molecule has 86 valence electrons. The molecule has 0 aromatic carbocycles. The second-order valence-electron chi connectivity index (χ2n) is 4.40. The largest absolute Gasteiger partial charge is 0.387 e. The minimum absolute atomic E-state index is 0.0703. The summed E-state index contributed by atoms with van der Waals surface area (Å²) in [5.74, 6) is -1.33. The highest BCUT2D eigenvalue weighted by molar-refractivity contribution is 5.24. The van der Waals surface area contributed by atoms with Crippen molar-refractivity contribution in [3.8, 4) is 0 Å². The normalized spacial score (nSPS) is 47.7. The molecule has 1 aliphatic heterocycles. The molecule has 2 fully saturated rings. The molecule has 1 heterocycles. The zero-order chi connectivity index (χ0) is 11.3. The maximum Gasteiger partial charge on any atom is 0.207 e. The smallest absolute Gasteiger partial charge is 0.207 e. The maximum absolute atomic E-state index is 10.3. The molecule has 3 unspecified atom stereocenters. The van der Waals surface area contributed by atoms with Gasteiger partial charge in [0.25, 0.3) is 0 Å². The Balaban J connectivity index is 2.15. The van der Waals surface area contributed by atoms with Crippen LogP contribution in [0.2, 0.25) is 0 Å². The van der Waals surface area contributed by atoms with Crippen molar-refractivity contribution >= 4 is 0 Å². The highest BCUT2D eigenvalue weighted by Crippen LogP contribution is 2.65. The fourth-order valence-electron chi connectivity index (χ4n) is 2.74. The van der Waals surface area contributed by atoms with Crippen LogP contribution in [0, 0.1) is 10.1 Å². The van der Waals surface area contributed by atoms with Crippen molar-refractivity contribution in [1.29, 1.82) is 0 Å². The van der Waals surface area contributed by atoms with Crippen molar-refractivity contribution in [3.05, 3.63) is 10.1 Å². The van der Waals surface area contributed by atoms with E-state index in [1.807, 2.05) is 0 Å². The van der Waals surface area contributed by atoms with Crippen LogP contribution in [0.25, 0.3) is 0 Å². The summed E-state index contributed by atoms with van der Waals surface area (Å²) in [5, 5.41) is 30.4. The number of ether oxygens (including phenoxy) is 1. The van der Waals surface area contributed by atoms with E-state index in [0.29, 0.717) is 19.3 Å². The van der Waals surface area contributed by atoms with Crippen LogP contribution >= 0.6 is 0 Å². The molecule has 0 spiro atoms. The standard InChI is InChI=1S/C9H15NO5/c1-2-7(11)3-4-9(12)8(7,15-9)5-6-10(13)14/h11-12H,2-6H2,1H3. The molecule has 15 heavy (non-hydrogen) atoms. The Hall–Kier alpha value is -0.720. The lowest BCUT2D eigenvalue weighted by molar-refractivity contribution is -0.482. The van der Waals surface area contributed by atoms with Gasteiger partial charge in [-0.3, -0.25) is 10.1 Å². The van der Waals surface area contributed by atoms with Crippen LogP contribution in [0.4, 0.5) is 0 Å². The molecule has 2 rings (SSSR count). The zero-order valence-corrected chi connectivity index (χ0v) is 8.60. The lowest BCUT2D eigenvalue weighted by atomic mass is 9.84. The van der Waals surface area contributed by atoms with Crippen LogP contribution < -0.4 is 0 Å². The van der Waals surface area contributed by atoms with E-state index in [9.17, 15) is 20.3 Å². The van der Waals surface area contributed by atoms with Crippen LogP contribution in [0.15, 0.2) is 0 Å². The van der Waals surface area contributed by atoms with Crippen LogP contribution in [-0.4, -0.2) is 38.7 Å². The van der Waals surface area contributed by atoms with E-state index in [1.165, 1.54) is 0 Å². The quantitative estimate of drug-likeness (QED) is 0.394. The van der Waals surface area contributed by atoms with Gasteiger partial charge < -0.3 is 14.9 Å². The average Bonchev–Trinajstić information content (AvgIpc) is 2.74. The van der Waals surface area contributed by atoms with Gasteiger partial charge in [0.05, 0.1) is 5.60 Å². The molecule has 6 heteroatoms. The van der Waals surface area contributed by atoms with Gasteiger partial charge in [-0.25, -0.2) is 0 Å². The molecule has 2 aliphatic rings. The molecule has 2 N–H and O–H groups in total. The van der Waals surface area contributed by atoms with E-state index >= 15 is 0 Å². The first-order valence-electron chi connectivity index (χ1n) is 5.16. The van der Waals surface area contributed by atoms with Gasteiger partial charge in [0, 0.05) is 17.8 Å². The van der Waals surface area contributed by atoms with Crippen LogP contribution in [0.1, 0.15) is 32.6 Å². The second-order valence-corrected chi connectivity index (χ2v) is 4.40. The van der Waals surface area contributed by atoms with Crippen molar-refractivity contribution in [2.75, 3.05) is 6.54 Å². The predicted molar refractivity (Wildman–Crippen MR) is 49.7 cm³/mol. The lowest BCUT2D eigenvalue weighted by Crippen LogP contribution is -2.45. The molecular weight excluding hydrogens is 202 g/mol. The summed E-state index contributed by atoms with van der Waals surface area (Å²) >= 11 is 0. The third-order valence-electron chi connectivity index (χ3n) is 3.79. The SMILES string of the molecule is CCC1(O)CCC2(O)OC12CC[N+](=O)[O-]. The Morgan fingerprint density at radius 2 is 2.13 bits per heavy atom. The third-order valence-corrected chi connectivity index (χ3v) is 3.79. The van der Waals surface area contributed by atoms with E-state index in [0.717, 1.165) is 0 Å². The first kappa shape index (κ1) is 10.8. The highest BCUT2D eigenvalue weighted by atomic mass is 16.8. The van der Waals surface area contributed by atoms with Crippen LogP contribution in [0.3, 0.4) is 0 Å². The van der Waals surface area contributed by atoms with E-state index in [4.69, 9.17) is 4.74 Å². The Morgan fingerprint density at radius 3 is 2.60 bits per heavy atom. The van der Waals surface area contributed by atoms with Gasteiger partial charge in [-0.05, 0) is 12.8 Å². The number of rotatable bonds is 4. The summed E-state index contributed by atoms with van der Waals surface area (Å²) < 4.78 is 5.19. The number of aliphatic hydroxyl groups is 2. The summed E-state index contributed by atoms with van der Waals surface area (Å²) in [6, 6.07) is 0. The molecule has 1 aliphatic carbocycles. The van der Waals surface area contributed by atoms with Crippen LogP contribution in [0.5, 0.6) is 0 Å². The van der Waals surface area contributed by atoms with Gasteiger partial charge in [-0.15, -0.1) is 0 Å². The van der Waals surface area contributed by atoms with Crippen molar-refractivity contribution < 1.29 is 19.9 Å². The number of hydrogen-bond acceptors (Lipinski definition) is 5. The summed E-state index contributed by atoms with van der Waals surface area (Å²) in [6.07, 6.45) is 1.31. The fraction of sp³-hybridized carbons (Fsp3) is 1.00. The van der Waals surface area contributed by atoms with Gasteiger partial charge in [-0.1, -0.05) is 6.92 Å². The van der Waals surface area contributed by atoms with E-state index in [2.05, 4.69) is 0 Å². The Bertz CT molecular complexity index is 309. The number of hydrogen-bond donors (Lipinski definition) is 2. The summed E-state index contributed by atoms with van der Waals surface area (Å²) in [7, 11) is 0. The summed E-state index contributed by atoms with van der Waals surface area (Å²) in [5.41, 5.74) is -2.21. The molecule has 0 aromatic rings. The molecule has 0 amide bonds.